The molecule has 0 unspecified atom stereocenters. The fourth-order valence-corrected chi connectivity index (χ4v) is 3.76. The lowest BCUT2D eigenvalue weighted by Crippen LogP contribution is -2.08. The fourth-order valence-electron chi connectivity index (χ4n) is 3.76. The molecule has 31 heavy (non-hydrogen) atoms. The highest BCUT2D eigenvalue weighted by Gasteiger charge is 2.21. The first kappa shape index (κ1) is 18.9. The first-order chi connectivity index (χ1) is 14.9. The zero-order chi connectivity index (χ0) is 21.7. The molecule has 0 spiro atoms. The van der Waals surface area contributed by atoms with Crippen molar-refractivity contribution < 1.29 is 9.53 Å². The molecule has 2 aromatic carbocycles. The first-order valence-corrected chi connectivity index (χ1v) is 10.0. The molecule has 4 N–H and O–H groups in total. The highest BCUT2D eigenvalue weighted by atomic mass is 16.5. The zero-order valence-corrected chi connectivity index (χ0v) is 17.4. The van der Waals surface area contributed by atoms with Crippen LogP contribution in [0.15, 0.2) is 48.7 Å². The van der Waals surface area contributed by atoms with E-state index in [-0.39, 0.29) is 17.7 Å². The molecule has 8 heteroatoms. The number of hydrogen-bond donors (Lipinski definition) is 3. The second-order valence-corrected chi connectivity index (χ2v) is 7.78. The fraction of sp³-hybridized carbons (Fsp3) is 0.174. The molecular weight excluding hydrogens is 392 g/mol. The van der Waals surface area contributed by atoms with Gasteiger partial charge in [0, 0.05) is 17.0 Å². The lowest BCUT2D eigenvalue weighted by atomic mass is 10.1. The maximum Gasteiger partial charge on any atom is 0.214 e. The summed E-state index contributed by atoms with van der Waals surface area (Å²) in [7, 11) is 0. The van der Waals surface area contributed by atoms with Gasteiger partial charge in [-0.2, -0.15) is 5.10 Å². The van der Waals surface area contributed by atoms with E-state index in [9.17, 15) is 4.79 Å². The second kappa shape index (κ2) is 7.02. The molecule has 3 aromatic heterocycles. The molecule has 0 amide bonds. The van der Waals surface area contributed by atoms with Crippen LogP contribution in [0.4, 0.5) is 5.82 Å². The number of rotatable bonds is 5. The van der Waals surface area contributed by atoms with Crippen molar-refractivity contribution in [1.29, 1.82) is 0 Å². The smallest absolute Gasteiger partial charge is 0.214 e. The van der Waals surface area contributed by atoms with E-state index in [1.54, 1.807) is 4.68 Å². The van der Waals surface area contributed by atoms with Gasteiger partial charge in [-0.15, -0.1) is 0 Å². The summed E-state index contributed by atoms with van der Waals surface area (Å²) in [6.45, 7) is 5.83. The third kappa shape index (κ3) is 3.22. The summed E-state index contributed by atoms with van der Waals surface area (Å²) >= 11 is 0. The largest absolute Gasteiger partial charge is 0.491 e. The van der Waals surface area contributed by atoms with Gasteiger partial charge in [0.25, 0.3) is 0 Å². The van der Waals surface area contributed by atoms with Crippen molar-refractivity contribution in [3.63, 3.8) is 0 Å². The lowest BCUT2D eigenvalue weighted by Gasteiger charge is -2.08. The van der Waals surface area contributed by atoms with Gasteiger partial charge in [-0.3, -0.25) is 4.79 Å². The van der Waals surface area contributed by atoms with Crippen LogP contribution in [0.2, 0.25) is 0 Å². The summed E-state index contributed by atoms with van der Waals surface area (Å²) in [5.41, 5.74) is 10.3. The summed E-state index contributed by atoms with van der Waals surface area (Å²) in [5.74, 6) is 1.58. The van der Waals surface area contributed by atoms with Crippen molar-refractivity contribution in [2.75, 3.05) is 5.73 Å². The predicted molar refractivity (Wildman–Crippen MR) is 120 cm³/mol. The van der Waals surface area contributed by atoms with Crippen molar-refractivity contribution >= 4 is 33.5 Å². The van der Waals surface area contributed by atoms with Crippen LogP contribution in [-0.2, 0) is 0 Å². The minimum atomic E-state index is -0.225. The molecule has 8 nitrogen and oxygen atoms in total. The molecule has 5 rings (SSSR count). The van der Waals surface area contributed by atoms with E-state index in [1.165, 1.54) is 6.20 Å². The molecule has 0 radical (unpaired) electrons. The Balaban J connectivity index is 1.52. The molecule has 0 saturated carbocycles. The topological polar surface area (TPSA) is 115 Å². The number of ether oxygens (including phenoxy) is 1. The third-order valence-electron chi connectivity index (χ3n) is 5.10. The van der Waals surface area contributed by atoms with E-state index in [0.29, 0.717) is 16.9 Å². The van der Waals surface area contributed by atoms with Crippen LogP contribution in [0.25, 0.3) is 27.6 Å². The van der Waals surface area contributed by atoms with E-state index in [0.717, 1.165) is 33.5 Å². The van der Waals surface area contributed by atoms with Crippen molar-refractivity contribution in [2.24, 2.45) is 0 Å². The maximum absolute atomic E-state index is 13.2. The van der Waals surface area contributed by atoms with Crippen LogP contribution < -0.4 is 10.5 Å². The van der Waals surface area contributed by atoms with Crippen LogP contribution in [0.3, 0.4) is 0 Å². The minimum absolute atomic E-state index is 0.0712. The Hall–Kier alpha value is -4.07. The van der Waals surface area contributed by atoms with Gasteiger partial charge in [0.1, 0.15) is 22.9 Å². The number of H-pyrrole nitrogens is 2. The van der Waals surface area contributed by atoms with Crippen molar-refractivity contribution in [3.05, 3.63) is 65.7 Å². The number of nitrogens with one attached hydrogen (secondary N) is 2. The predicted octanol–water partition coefficient (Wildman–Crippen LogP) is 4.14. The number of carbonyl (C=O) groups is 1. The van der Waals surface area contributed by atoms with E-state index < -0.39 is 0 Å². The van der Waals surface area contributed by atoms with E-state index in [2.05, 4.69) is 20.1 Å². The molecule has 0 saturated heterocycles. The number of aromatic nitrogens is 5. The Morgan fingerprint density at radius 2 is 1.97 bits per heavy atom. The van der Waals surface area contributed by atoms with Gasteiger partial charge in [0.05, 0.1) is 34.8 Å². The van der Waals surface area contributed by atoms with Crippen LogP contribution in [0.1, 0.15) is 35.7 Å². The Kier molecular flexibility index (Phi) is 4.28. The van der Waals surface area contributed by atoms with Crippen molar-refractivity contribution in [2.45, 2.75) is 26.9 Å². The second-order valence-electron chi connectivity index (χ2n) is 7.78. The van der Waals surface area contributed by atoms with Crippen molar-refractivity contribution in [1.82, 2.24) is 24.7 Å². The normalized spacial score (nSPS) is 11.6. The van der Waals surface area contributed by atoms with E-state index in [1.807, 2.05) is 63.2 Å². The molecule has 0 aliphatic rings. The molecule has 0 bridgehead atoms. The van der Waals surface area contributed by atoms with Gasteiger partial charge >= 0.3 is 0 Å². The number of anilines is 1. The summed E-state index contributed by atoms with van der Waals surface area (Å²) in [5, 5.41) is 5.29. The first-order valence-electron chi connectivity index (χ1n) is 10.0. The number of imidazole rings is 1. The number of fused-ring (bicyclic) bond motifs is 2. The van der Waals surface area contributed by atoms with Gasteiger partial charge in [0.2, 0.25) is 5.78 Å². The average Bonchev–Trinajstić information content (AvgIpc) is 3.42. The molecule has 156 valence electrons. The highest BCUT2D eigenvalue weighted by Crippen LogP contribution is 2.27. The maximum atomic E-state index is 13.2. The number of aryl methyl sites for hydroxylation is 1. The molecule has 0 aliphatic heterocycles. The Bertz CT molecular complexity index is 1440. The quantitative estimate of drug-likeness (QED) is 0.374. The van der Waals surface area contributed by atoms with Gasteiger partial charge in [-0.25, -0.2) is 9.67 Å². The Morgan fingerprint density at radius 1 is 1.13 bits per heavy atom. The van der Waals surface area contributed by atoms with Gasteiger partial charge in [-0.05, 0) is 51.1 Å². The minimum Gasteiger partial charge on any atom is -0.491 e. The molecule has 0 atom stereocenters. The molecule has 3 heterocycles. The van der Waals surface area contributed by atoms with Crippen LogP contribution >= 0.6 is 0 Å². The summed E-state index contributed by atoms with van der Waals surface area (Å²) < 4.78 is 7.29. The zero-order valence-electron chi connectivity index (χ0n) is 17.4. The number of hydrogen-bond acceptors (Lipinski definition) is 5. The van der Waals surface area contributed by atoms with Gasteiger partial charge in [-0.1, -0.05) is 6.07 Å². The monoisotopic (exact) mass is 414 g/mol. The van der Waals surface area contributed by atoms with Gasteiger partial charge < -0.3 is 20.4 Å². The summed E-state index contributed by atoms with van der Waals surface area (Å²) in [4.78, 5) is 24.1. The Labute approximate surface area is 178 Å². The van der Waals surface area contributed by atoms with E-state index >= 15 is 0 Å². The van der Waals surface area contributed by atoms with Crippen LogP contribution in [0, 0.1) is 6.92 Å². The SMILES string of the molecule is Cc1nc2c(-n3ncc(C(=O)c4cc5ccc(OC(C)C)cc5[nH]4)c3N)cccc2[nH]1. The number of nitrogens with two attached hydrogens (primary N) is 1. The lowest BCUT2D eigenvalue weighted by molar-refractivity contribution is 0.103. The average molecular weight is 414 g/mol. The molecule has 0 fully saturated rings. The number of para-hydroxylation sites is 1. The summed E-state index contributed by atoms with van der Waals surface area (Å²) in [6.07, 6.45) is 1.57. The van der Waals surface area contributed by atoms with E-state index in [4.69, 9.17) is 10.5 Å². The van der Waals surface area contributed by atoms with Crippen LogP contribution in [0.5, 0.6) is 5.75 Å². The Morgan fingerprint density at radius 3 is 2.77 bits per heavy atom. The third-order valence-corrected chi connectivity index (χ3v) is 5.10. The van der Waals surface area contributed by atoms with Gasteiger partial charge in [0.15, 0.2) is 0 Å². The number of carbonyl (C=O) groups excluding carboxylic acids is 1. The molecule has 5 aromatic rings. The number of ketones is 1. The highest BCUT2D eigenvalue weighted by molar-refractivity contribution is 6.12. The molecule has 0 aliphatic carbocycles. The number of nitrogen functional groups attached to an aromatic ring is 1. The number of aromatic amines is 2. The van der Waals surface area contributed by atoms with Crippen LogP contribution in [-0.4, -0.2) is 36.6 Å². The summed E-state index contributed by atoms with van der Waals surface area (Å²) in [6, 6.07) is 13.2. The number of benzene rings is 2. The van der Waals surface area contributed by atoms with Crippen molar-refractivity contribution in [3.8, 4) is 11.4 Å². The standard InChI is InChI=1S/C23H22N6O2/c1-12(2)31-15-8-7-14-9-19(28-18(14)10-15)22(30)16-11-25-29(23(16)24)20-6-4-5-17-21(20)27-13(3)26-17/h4-12,28H,24H2,1-3H3,(H,26,27). The number of nitrogens with zero attached hydrogens (tertiary/aromatic N) is 3. The molecular formula is C23H22N6O2.